The van der Waals surface area contributed by atoms with Gasteiger partial charge in [-0.1, -0.05) is 36.4 Å². The van der Waals surface area contributed by atoms with Crippen molar-refractivity contribution in [2.45, 2.75) is 23.2 Å². The largest absolute Gasteiger partial charge is 0.496 e. The molecule has 9 heteroatoms. The van der Waals surface area contributed by atoms with Gasteiger partial charge in [-0.3, -0.25) is 4.79 Å². The third-order valence-corrected chi connectivity index (χ3v) is 7.98. The number of aliphatic hydroxyl groups is 2. The van der Waals surface area contributed by atoms with Crippen molar-refractivity contribution < 1.29 is 38.7 Å². The normalized spacial score (nSPS) is 26.7. The highest BCUT2D eigenvalue weighted by atomic mass is 16.5. The van der Waals surface area contributed by atoms with Gasteiger partial charge in [-0.2, -0.15) is 0 Å². The molecule has 1 heterocycles. The number of carbonyl (C=O) groups is 1. The molecule has 2 aliphatic rings. The molecule has 39 heavy (non-hydrogen) atoms. The number of nitrogens with zero attached hydrogens (tertiary/aromatic N) is 1. The van der Waals surface area contributed by atoms with E-state index in [4.69, 9.17) is 23.7 Å². The van der Waals surface area contributed by atoms with Crippen LogP contribution in [0.25, 0.3) is 0 Å². The van der Waals surface area contributed by atoms with Crippen LogP contribution in [0, 0.1) is 5.92 Å². The van der Waals surface area contributed by atoms with Crippen LogP contribution in [0.3, 0.4) is 0 Å². The minimum atomic E-state index is -2.11. The van der Waals surface area contributed by atoms with Gasteiger partial charge in [0.1, 0.15) is 23.4 Å². The van der Waals surface area contributed by atoms with Gasteiger partial charge >= 0.3 is 0 Å². The van der Waals surface area contributed by atoms with Crippen LogP contribution in [0.4, 0.5) is 0 Å². The van der Waals surface area contributed by atoms with Crippen LogP contribution in [0.2, 0.25) is 0 Å². The molecule has 3 aromatic rings. The molecule has 0 aromatic heterocycles. The number of fused-ring (bicyclic) bond motifs is 3. The first-order chi connectivity index (χ1) is 18.7. The molecule has 5 atom stereocenters. The van der Waals surface area contributed by atoms with E-state index in [-0.39, 0.29) is 23.0 Å². The molecule has 0 saturated heterocycles. The standard InChI is InChI=1S/C30H33NO8/c1-31(2)28(33)24-25(17-10-8-7-9-11-17)30(18-12-13-20(36-4)21(14-18)37-5)29(34,27(24)32)26-22(38-6)15-19(35-3)16-23(26)39-30/h7-16,24-25,27,32,34H,1-6H3/t24-,25-,27-,29+,30+/m1/s1. The van der Waals surface area contributed by atoms with Crippen molar-refractivity contribution >= 4 is 5.91 Å². The van der Waals surface area contributed by atoms with Crippen molar-refractivity contribution in [1.82, 2.24) is 4.90 Å². The highest BCUT2D eigenvalue weighted by Crippen LogP contribution is 2.70. The van der Waals surface area contributed by atoms with E-state index in [2.05, 4.69) is 0 Å². The van der Waals surface area contributed by atoms with E-state index in [9.17, 15) is 15.0 Å². The van der Waals surface area contributed by atoms with Gasteiger partial charge in [0.15, 0.2) is 22.7 Å². The lowest BCUT2D eigenvalue weighted by Crippen LogP contribution is -2.52. The van der Waals surface area contributed by atoms with Crippen molar-refractivity contribution in [2.24, 2.45) is 5.92 Å². The van der Waals surface area contributed by atoms with Crippen molar-refractivity contribution in [2.75, 3.05) is 42.5 Å². The minimum Gasteiger partial charge on any atom is -0.496 e. The summed E-state index contributed by atoms with van der Waals surface area (Å²) in [6.45, 7) is 0. The number of aliphatic hydroxyl groups excluding tert-OH is 1. The summed E-state index contributed by atoms with van der Waals surface area (Å²) in [4.78, 5) is 15.2. The molecule has 1 aliphatic heterocycles. The molecule has 1 saturated carbocycles. The van der Waals surface area contributed by atoms with Crippen LogP contribution in [-0.2, 0) is 16.0 Å². The van der Waals surface area contributed by atoms with Crippen molar-refractivity contribution in [1.29, 1.82) is 0 Å². The summed E-state index contributed by atoms with van der Waals surface area (Å²) in [6.07, 6.45) is -1.57. The predicted molar refractivity (Wildman–Crippen MR) is 143 cm³/mol. The maximum Gasteiger partial charge on any atom is 0.228 e. The molecular formula is C30H33NO8. The summed E-state index contributed by atoms with van der Waals surface area (Å²) < 4.78 is 29.1. The summed E-state index contributed by atoms with van der Waals surface area (Å²) in [5.41, 5.74) is -2.35. The second-order valence-corrected chi connectivity index (χ2v) is 9.97. The maximum atomic E-state index is 13.8. The Morgan fingerprint density at radius 3 is 2.13 bits per heavy atom. The third-order valence-electron chi connectivity index (χ3n) is 7.98. The van der Waals surface area contributed by atoms with Crippen molar-refractivity contribution in [3.8, 4) is 28.7 Å². The molecule has 1 amide bonds. The van der Waals surface area contributed by atoms with Gasteiger partial charge in [-0.25, -0.2) is 0 Å². The lowest BCUT2D eigenvalue weighted by molar-refractivity contribution is -0.156. The topological polar surface area (TPSA) is 107 Å². The SMILES string of the molecule is COc1cc(OC)c2c(c1)O[C@@]1(c3ccc(OC)c(OC)c3)[C@H](c3ccccc3)[C@@H](C(=O)N(C)C)[C@@H](O)[C@@]21O. The lowest BCUT2D eigenvalue weighted by Gasteiger charge is -2.41. The molecule has 0 bridgehead atoms. The van der Waals surface area contributed by atoms with Crippen LogP contribution >= 0.6 is 0 Å². The van der Waals surface area contributed by atoms with E-state index in [0.29, 0.717) is 28.4 Å². The van der Waals surface area contributed by atoms with E-state index in [1.165, 1.54) is 33.3 Å². The molecule has 206 valence electrons. The van der Waals surface area contributed by atoms with Gasteiger partial charge in [0.2, 0.25) is 5.91 Å². The number of carbonyl (C=O) groups excluding carboxylic acids is 1. The molecule has 3 aromatic carbocycles. The Hall–Kier alpha value is -3.95. The van der Waals surface area contributed by atoms with Gasteiger partial charge in [0, 0.05) is 37.7 Å². The Morgan fingerprint density at radius 2 is 1.54 bits per heavy atom. The summed E-state index contributed by atoms with van der Waals surface area (Å²) in [5, 5.41) is 25.0. The summed E-state index contributed by atoms with van der Waals surface area (Å²) in [5.74, 6) is -0.376. The fraction of sp³-hybridized carbons (Fsp3) is 0.367. The monoisotopic (exact) mass is 535 g/mol. The number of rotatable bonds is 7. The van der Waals surface area contributed by atoms with Gasteiger partial charge < -0.3 is 38.8 Å². The van der Waals surface area contributed by atoms with E-state index >= 15 is 0 Å². The number of ether oxygens (including phenoxy) is 5. The number of benzene rings is 3. The Morgan fingerprint density at radius 1 is 0.872 bits per heavy atom. The molecule has 2 N–H and O–H groups in total. The van der Waals surface area contributed by atoms with Gasteiger partial charge in [0.25, 0.3) is 0 Å². The number of hydrogen-bond acceptors (Lipinski definition) is 8. The summed E-state index contributed by atoms with van der Waals surface area (Å²) >= 11 is 0. The van der Waals surface area contributed by atoms with Gasteiger partial charge in [-0.05, 0) is 17.7 Å². The molecule has 9 nitrogen and oxygen atoms in total. The van der Waals surface area contributed by atoms with Gasteiger partial charge in [-0.15, -0.1) is 0 Å². The number of methoxy groups -OCH3 is 4. The average Bonchev–Trinajstić information content (AvgIpc) is 3.34. The summed E-state index contributed by atoms with van der Waals surface area (Å²) in [6, 6.07) is 17.8. The van der Waals surface area contributed by atoms with Crippen molar-refractivity contribution in [3.63, 3.8) is 0 Å². The quantitative estimate of drug-likeness (QED) is 0.476. The van der Waals surface area contributed by atoms with E-state index in [0.717, 1.165) is 0 Å². The molecule has 0 spiro atoms. The van der Waals surface area contributed by atoms with Crippen LogP contribution in [0.1, 0.15) is 22.6 Å². The van der Waals surface area contributed by atoms with E-state index < -0.39 is 29.1 Å². The smallest absolute Gasteiger partial charge is 0.228 e. The van der Waals surface area contributed by atoms with Crippen LogP contribution in [-0.4, -0.2) is 69.7 Å². The molecule has 0 unspecified atom stereocenters. The van der Waals surface area contributed by atoms with Crippen molar-refractivity contribution in [3.05, 3.63) is 77.4 Å². The minimum absolute atomic E-state index is 0.239. The second-order valence-electron chi connectivity index (χ2n) is 9.97. The first kappa shape index (κ1) is 26.6. The zero-order valence-corrected chi connectivity index (χ0v) is 22.8. The fourth-order valence-electron chi connectivity index (χ4n) is 6.30. The highest BCUT2D eigenvalue weighted by Gasteiger charge is 2.78. The maximum absolute atomic E-state index is 13.8. The molecule has 1 fully saturated rings. The third kappa shape index (κ3) is 3.57. The van der Waals surface area contributed by atoms with Gasteiger partial charge in [0.05, 0.1) is 39.9 Å². The Balaban J connectivity index is 1.91. The zero-order chi connectivity index (χ0) is 28.1. The highest BCUT2D eigenvalue weighted by molar-refractivity contribution is 5.83. The molecule has 1 aliphatic carbocycles. The second kappa shape index (κ2) is 9.66. The fourth-order valence-corrected chi connectivity index (χ4v) is 6.30. The van der Waals surface area contributed by atoms with Crippen LogP contribution in [0.5, 0.6) is 28.7 Å². The summed E-state index contributed by atoms with van der Waals surface area (Å²) in [7, 11) is 9.27. The average molecular weight is 536 g/mol. The van der Waals surface area contributed by atoms with Crippen LogP contribution < -0.4 is 23.7 Å². The Bertz CT molecular complexity index is 1390. The molecule has 0 radical (unpaired) electrons. The lowest BCUT2D eigenvalue weighted by atomic mass is 9.70. The Kier molecular flexibility index (Phi) is 6.60. The van der Waals surface area contributed by atoms with E-state index in [1.54, 1.807) is 44.4 Å². The van der Waals surface area contributed by atoms with E-state index in [1.807, 2.05) is 30.3 Å². The first-order valence-corrected chi connectivity index (χ1v) is 12.5. The zero-order valence-electron chi connectivity index (χ0n) is 22.8. The predicted octanol–water partition coefficient (Wildman–Crippen LogP) is 3.06. The molecule has 5 rings (SSSR count). The first-order valence-electron chi connectivity index (χ1n) is 12.5. The van der Waals surface area contributed by atoms with Crippen LogP contribution in [0.15, 0.2) is 60.7 Å². The Labute approximate surface area is 227 Å². The number of hydrogen-bond donors (Lipinski definition) is 2. The number of amides is 1. The molecular weight excluding hydrogens is 502 g/mol.